The lowest BCUT2D eigenvalue weighted by Crippen LogP contribution is -2.44. The van der Waals surface area contributed by atoms with Crippen LogP contribution in [-0.4, -0.2) is 67.2 Å². The number of likely N-dealkylation sites (N-methyl/N-ethyl adjacent to an activating group) is 1. The molecule has 0 atom stereocenters. The molecule has 2 saturated heterocycles. The predicted octanol–water partition coefficient (Wildman–Crippen LogP) is 4.45. The maximum absolute atomic E-state index is 14.0. The highest BCUT2D eigenvalue weighted by molar-refractivity contribution is 6.32. The highest BCUT2D eigenvalue weighted by Gasteiger charge is 2.28. The Balaban J connectivity index is 1.62. The number of rotatable bonds is 8. The number of anilines is 4. The molecule has 202 valence electrons. The van der Waals surface area contributed by atoms with Crippen molar-refractivity contribution >= 4 is 40.6 Å². The average Bonchev–Trinajstić information content (AvgIpc) is 3.27. The molecule has 2 aliphatic rings. The second-order valence-electron chi connectivity index (χ2n) is 8.68. The number of nitrogens with one attached hydrogen (secondary N) is 3. The summed E-state index contributed by atoms with van der Waals surface area (Å²) in [7, 11) is 2.03. The summed E-state index contributed by atoms with van der Waals surface area (Å²) in [6, 6.07) is 4.95. The molecular formula is C25H27ClF3N7O2. The number of hydrogen-bond acceptors (Lipinski definition) is 8. The molecule has 0 spiro atoms. The molecule has 38 heavy (non-hydrogen) atoms. The molecule has 2 fully saturated rings. The Labute approximate surface area is 223 Å². The highest BCUT2D eigenvalue weighted by atomic mass is 35.5. The normalized spacial score (nSPS) is 18.8. The number of carbonyl (C=O) groups excluding carboxylic acids is 1. The van der Waals surface area contributed by atoms with Crippen LogP contribution in [0.3, 0.4) is 0 Å². The predicted molar refractivity (Wildman–Crippen MR) is 141 cm³/mol. The van der Waals surface area contributed by atoms with E-state index in [9.17, 15) is 18.0 Å². The minimum Gasteiger partial charge on any atom is -0.433 e. The van der Waals surface area contributed by atoms with Crippen molar-refractivity contribution in [2.24, 2.45) is 0 Å². The van der Waals surface area contributed by atoms with E-state index in [2.05, 4.69) is 42.3 Å². The largest absolute Gasteiger partial charge is 0.433 e. The van der Waals surface area contributed by atoms with E-state index in [1.54, 1.807) is 18.2 Å². The van der Waals surface area contributed by atoms with E-state index in [0.29, 0.717) is 0 Å². The third-order valence-corrected chi connectivity index (χ3v) is 6.41. The average molecular weight is 550 g/mol. The summed E-state index contributed by atoms with van der Waals surface area (Å²) in [5, 5.41) is 8.45. The van der Waals surface area contributed by atoms with Crippen LogP contribution in [0.25, 0.3) is 0 Å². The smallest absolute Gasteiger partial charge is 0.387 e. The standard InChI is InChI=1S/C25H27ClF3N7O2/c1-4-18(21-16(14(2)27)12-30-23(21)37)32-22-17(26)13-31-25(34-22)33-19-6-5-15(11-20(19)38-24(28)29)36-9-7-35(3)8-10-36/h4-6,11,13,24H,1,7-10,12H2,2-3H3,(H,30,37)(H2,31,32,33,34)/b16-14+,21-18-. The number of halogens is 4. The lowest BCUT2D eigenvalue weighted by molar-refractivity contribution is -0.116. The zero-order chi connectivity index (χ0) is 27.4. The third kappa shape index (κ3) is 6.20. The summed E-state index contributed by atoms with van der Waals surface area (Å²) in [5.74, 6) is -0.953. The van der Waals surface area contributed by atoms with Crippen molar-refractivity contribution in [2.75, 3.05) is 55.3 Å². The van der Waals surface area contributed by atoms with Gasteiger partial charge in [-0.25, -0.2) is 9.37 Å². The number of carbonyl (C=O) groups is 1. The molecule has 4 rings (SSSR count). The molecule has 0 bridgehead atoms. The van der Waals surface area contributed by atoms with Crippen LogP contribution in [-0.2, 0) is 4.79 Å². The summed E-state index contributed by atoms with van der Waals surface area (Å²) < 4.78 is 45.2. The molecule has 0 radical (unpaired) electrons. The summed E-state index contributed by atoms with van der Waals surface area (Å²) in [4.78, 5) is 25.1. The first-order chi connectivity index (χ1) is 18.2. The summed E-state index contributed by atoms with van der Waals surface area (Å²) >= 11 is 6.27. The zero-order valence-corrected chi connectivity index (χ0v) is 21.6. The van der Waals surface area contributed by atoms with Gasteiger partial charge in [0, 0.05) is 50.1 Å². The Hall–Kier alpha value is -3.77. The first-order valence-corrected chi connectivity index (χ1v) is 12.1. The van der Waals surface area contributed by atoms with Crippen LogP contribution in [0.2, 0.25) is 5.02 Å². The Morgan fingerprint density at radius 3 is 2.68 bits per heavy atom. The van der Waals surface area contributed by atoms with Crippen molar-refractivity contribution in [2.45, 2.75) is 13.5 Å². The molecule has 2 aliphatic heterocycles. The minimum absolute atomic E-state index is 0.0186. The lowest BCUT2D eigenvalue weighted by atomic mass is 10.1. The molecule has 1 amide bonds. The molecule has 2 aromatic rings. The van der Waals surface area contributed by atoms with Crippen molar-refractivity contribution in [1.82, 2.24) is 20.2 Å². The highest BCUT2D eigenvalue weighted by Crippen LogP contribution is 2.34. The molecule has 1 aromatic heterocycles. The number of aromatic nitrogens is 2. The van der Waals surface area contributed by atoms with Crippen LogP contribution in [0.1, 0.15) is 6.92 Å². The van der Waals surface area contributed by atoms with Gasteiger partial charge in [-0.15, -0.1) is 0 Å². The van der Waals surface area contributed by atoms with Gasteiger partial charge in [0.05, 0.1) is 23.2 Å². The minimum atomic E-state index is -3.04. The lowest BCUT2D eigenvalue weighted by Gasteiger charge is -2.34. The van der Waals surface area contributed by atoms with Crippen LogP contribution in [0.5, 0.6) is 5.75 Å². The van der Waals surface area contributed by atoms with Gasteiger partial charge in [-0.05, 0) is 32.2 Å². The van der Waals surface area contributed by atoms with Crippen molar-refractivity contribution in [1.29, 1.82) is 0 Å². The summed E-state index contributed by atoms with van der Waals surface area (Å²) in [6.45, 7) is 5.17. The van der Waals surface area contributed by atoms with Gasteiger partial charge in [0.25, 0.3) is 5.91 Å². The summed E-state index contributed by atoms with van der Waals surface area (Å²) in [6.07, 6.45) is 2.64. The molecule has 13 heteroatoms. The van der Waals surface area contributed by atoms with E-state index in [0.717, 1.165) is 31.9 Å². The van der Waals surface area contributed by atoms with E-state index < -0.39 is 18.3 Å². The molecule has 3 heterocycles. The fraction of sp³-hybridized carbons (Fsp3) is 0.320. The Bertz CT molecular complexity index is 1290. The number of ether oxygens (including phenoxy) is 1. The van der Waals surface area contributed by atoms with Gasteiger partial charge in [-0.3, -0.25) is 4.79 Å². The molecule has 3 N–H and O–H groups in total. The first kappa shape index (κ1) is 27.3. The van der Waals surface area contributed by atoms with Gasteiger partial charge < -0.3 is 30.5 Å². The SMILES string of the molecule is C=C/C(Nc1nc(Nc2ccc(N3CCN(C)CC3)cc2OC(F)F)ncc1Cl)=C1/C(=O)NC/C1=C(/C)F. The van der Waals surface area contributed by atoms with Crippen LogP contribution >= 0.6 is 11.6 Å². The third-order valence-electron chi connectivity index (χ3n) is 6.14. The van der Waals surface area contributed by atoms with Gasteiger partial charge in [0.15, 0.2) is 11.6 Å². The van der Waals surface area contributed by atoms with E-state index in [-0.39, 0.29) is 51.6 Å². The van der Waals surface area contributed by atoms with Crippen molar-refractivity contribution in [3.63, 3.8) is 0 Å². The topological polar surface area (TPSA) is 94.7 Å². The molecule has 0 unspecified atom stereocenters. The van der Waals surface area contributed by atoms with E-state index in [4.69, 9.17) is 16.3 Å². The van der Waals surface area contributed by atoms with E-state index in [1.807, 2.05) is 7.05 Å². The van der Waals surface area contributed by atoms with Crippen LogP contribution in [0.15, 0.2) is 59.7 Å². The monoisotopic (exact) mass is 549 g/mol. The van der Waals surface area contributed by atoms with Crippen molar-refractivity contribution in [3.05, 3.63) is 64.7 Å². The number of benzene rings is 1. The van der Waals surface area contributed by atoms with Crippen LogP contribution < -0.4 is 25.6 Å². The van der Waals surface area contributed by atoms with E-state index >= 15 is 0 Å². The number of nitrogens with zero attached hydrogens (tertiary/aromatic N) is 4. The van der Waals surface area contributed by atoms with Crippen molar-refractivity contribution in [3.8, 4) is 5.75 Å². The molecule has 1 aromatic carbocycles. The second kappa shape index (κ2) is 11.7. The zero-order valence-electron chi connectivity index (χ0n) is 20.8. The van der Waals surface area contributed by atoms with Gasteiger partial charge in [0.2, 0.25) is 5.95 Å². The molecule has 0 saturated carbocycles. The number of allylic oxidation sites excluding steroid dienone is 2. The maximum Gasteiger partial charge on any atom is 0.387 e. The van der Waals surface area contributed by atoms with Gasteiger partial charge in [-0.1, -0.05) is 18.2 Å². The number of hydrogen-bond donors (Lipinski definition) is 3. The summed E-state index contributed by atoms with van der Waals surface area (Å²) in [5.41, 5.74) is 1.43. The Morgan fingerprint density at radius 2 is 2.03 bits per heavy atom. The maximum atomic E-state index is 14.0. The number of amides is 1. The second-order valence-corrected chi connectivity index (χ2v) is 9.08. The molecule has 9 nitrogen and oxygen atoms in total. The van der Waals surface area contributed by atoms with Crippen LogP contribution in [0, 0.1) is 0 Å². The molecule has 0 aliphatic carbocycles. The first-order valence-electron chi connectivity index (χ1n) is 11.8. The quantitative estimate of drug-likeness (QED) is 0.416. The Morgan fingerprint density at radius 1 is 1.29 bits per heavy atom. The molecular weight excluding hydrogens is 523 g/mol. The van der Waals surface area contributed by atoms with Crippen LogP contribution in [0.4, 0.5) is 36.3 Å². The van der Waals surface area contributed by atoms with Gasteiger partial charge in [-0.2, -0.15) is 13.8 Å². The Kier molecular flexibility index (Phi) is 8.42. The fourth-order valence-corrected chi connectivity index (χ4v) is 4.25. The van der Waals surface area contributed by atoms with Crippen molar-refractivity contribution < 1.29 is 22.7 Å². The van der Waals surface area contributed by atoms with E-state index in [1.165, 1.54) is 19.2 Å². The van der Waals surface area contributed by atoms with Gasteiger partial charge >= 0.3 is 6.61 Å². The van der Waals surface area contributed by atoms with Gasteiger partial charge in [0.1, 0.15) is 10.8 Å². The fourth-order valence-electron chi connectivity index (χ4n) is 4.11. The number of alkyl halides is 2. The number of piperazine rings is 1.